The van der Waals surface area contributed by atoms with Crippen molar-refractivity contribution in [1.82, 2.24) is 15.0 Å². The predicted molar refractivity (Wildman–Crippen MR) is 179 cm³/mol. The van der Waals surface area contributed by atoms with Crippen LogP contribution in [0.25, 0.3) is 78.6 Å². The minimum atomic E-state index is -0.0693. The average Bonchev–Trinajstić information content (AvgIpc) is 3.78. The molecule has 5 aromatic carbocycles. The van der Waals surface area contributed by atoms with Gasteiger partial charge in [-0.05, 0) is 94.0 Å². The first kappa shape index (κ1) is 25.7. The summed E-state index contributed by atoms with van der Waals surface area (Å²) >= 11 is 0. The molecule has 0 fully saturated rings. The first-order valence-corrected chi connectivity index (χ1v) is 15.1. The van der Waals surface area contributed by atoms with Gasteiger partial charge in [-0.25, -0.2) is 9.97 Å². The largest absolute Gasteiger partial charge is 0.436 e. The second-order valence-corrected chi connectivity index (χ2v) is 12.1. The number of oxazole rings is 2. The quantitative estimate of drug-likeness (QED) is 0.207. The van der Waals surface area contributed by atoms with Gasteiger partial charge in [-0.1, -0.05) is 74.5 Å². The van der Waals surface area contributed by atoms with Crippen LogP contribution in [0.4, 0.5) is 0 Å². The molecule has 9 rings (SSSR count). The molecular formula is C40H27N3O2. The molecular weight excluding hydrogens is 554 g/mol. The smallest absolute Gasteiger partial charge is 0.227 e. The third kappa shape index (κ3) is 4.12. The fraction of sp³-hybridized carbons (Fsp3) is 0.0750. The van der Waals surface area contributed by atoms with Crippen molar-refractivity contribution < 1.29 is 8.83 Å². The summed E-state index contributed by atoms with van der Waals surface area (Å²) in [4.78, 5) is 14.4. The molecule has 1 aliphatic rings. The second-order valence-electron chi connectivity index (χ2n) is 12.1. The number of fused-ring (bicyclic) bond motifs is 5. The van der Waals surface area contributed by atoms with Crippen LogP contribution in [0.2, 0.25) is 0 Å². The molecule has 8 aromatic rings. The highest BCUT2D eigenvalue weighted by molar-refractivity contribution is 5.85. The summed E-state index contributed by atoms with van der Waals surface area (Å²) in [6.45, 7) is 4.62. The van der Waals surface area contributed by atoms with Crippen molar-refractivity contribution >= 4 is 22.2 Å². The van der Waals surface area contributed by atoms with Gasteiger partial charge in [0.1, 0.15) is 11.0 Å². The molecule has 0 aliphatic heterocycles. The van der Waals surface area contributed by atoms with Crippen molar-refractivity contribution in [2.24, 2.45) is 0 Å². The van der Waals surface area contributed by atoms with Gasteiger partial charge in [0.2, 0.25) is 11.8 Å². The summed E-state index contributed by atoms with van der Waals surface area (Å²) < 4.78 is 12.4. The van der Waals surface area contributed by atoms with Crippen LogP contribution in [0.15, 0.2) is 136 Å². The fourth-order valence-corrected chi connectivity index (χ4v) is 6.67. The first-order chi connectivity index (χ1) is 22.0. The zero-order chi connectivity index (χ0) is 30.1. The SMILES string of the molecule is CC1(C)c2ccccc2-c2ccc(-c3ccnc(-c4cc(-c5nc6ccccc6o5)cc(-c5nc6ccccc6o5)c4)c3)cc21. The molecule has 0 radical (unpaired) electrons. The summed E-state index contributed by atoms with van der Waals surface area (Å²) in [5.41, 5.74) is 14.0. The number of pyridine rings is 1. The Morgan fingerprint density at radius 1 is 0.489 bits per heavy atom. The van der Waals surface area contributed by atoms with E-state index in [0.717, 1.165) is 55.7 Å². The van der Waals surface area contributed by atoms with E-state index in [9.17, 15) is 0 Å². The Morgan fingerprint density at radius 2 is 1.07 bits per heavy atom. The monoisotopic (exact) mass is 581 g/mol. The fourth-order valence-electron chi connectivity index (χ4n) is 6.67. The summed E-state index contributed by atoms with van der Waals surface area (Å²) in [7, 11) is 0. The van der Waals surface area contributed by atoms with Crippen molar-refractivity contribution in [3.8, 4) is 56.4 Å². The van der Waals surface area contributed by atoms with Gasteiger partial charge in [0.25, 0.3) is 0 Å². The van der Waals surface area contributed by atoms with E-state index in [4.69, 9.17) is 23.8 Å². The van der Waals surface area contributed by atoms with E-state index in [-0.39, 0.29) is 5.41 Å². The normalized spacial score (nSPS) is 13.3. The number of hydrogen-bond acceptors (Lipinski definition) is 5. The van der Waals surface area contributed by atoms with Gasteiger partial charge in [0.05, 0.1) is 5.69 Å². The lowest BCUT2D eigenvalue weighted by Gasteiger charge is -2.22. The van der Waals surface area contributed by atoms with Crippen molar-refractivity contribution in [3.05, 3.63) is 139 Å². The highest BCUT2D eigenvalue weighted by Crippen LogP contribution is 2.49. The summed E-state index contributed by atoms with van der Waals surface area (Å²) in [5.74, 6) is 1.07. The van der Waals surface area contributed by atoms with Crippen molar-refractivity contribution in [3.63, 3.8) is 0 Å². The van der Waals surface area contributed by atoms with E-state index in [1.54, 1.807) is 0 Å². The minimum Gasteiger partial charge on any atom is -0.436 e. The van der Waals surface area contributed by atoms with Crippen molar-refractivity contribution in [2.75, 3.05) is 0 Å². The number of rotatable bonds is 4. The van der Waals surface area contributed by atoms with Crippen LogP contribution in [0, 0.1) is 0 Å². The van der Waals surface area contributed by atoms with Crippen LogP contribution in [0.5, 0.6) is 0 Å². The Bertz CT molecular complexity index is 2270. The van der Waals surface area contributed by atoms with Gasteiger partial charge in [0, 0.05) is 28.3 Å². The van der Waals surface area contributed by atoms with Crippen LogP contribution in [0.1, 0.15) is 25.0 Å². The molecule has 0 unspecified atom stereocenters. The Hall–Kier alpha value is -5.81. The molecule has 0 spiro atoms. The molecule has 0 amide bonds. The number of nitrogens with zero attached hydrogens (tertiary/aromatic N) is 3. The lowest BCUT2D eigenvalue weighted by atomic mass is 9.81. The Labute approximate surface area is 259 Å². The highest BCUT2D eigenvalue weighted by atomic mass is 16.4. The summed E-state index contributed by atoms with van der Waals surface area (Å²) in [6, 6.07) is 41.5. The predicted octanol–water partition coefficient (Wildman–Crippen LogP) is 10.3. The topological polar surface area (TPSA) is 65.0 Å². The average molecular weight is 582 g/mol. The van der Waals surface area contributed by atoms with Crippen LogP contribution >= 0.6 is 0 Å². The van der Waals surface area contributed by atoms with Gasteiger partial charge in [-0.3, -0.25) is 4.98 Å². The lowest BCUT2D eigenvalue weighted by molar-refractivity contribution is 0.617. The maximum Gasteiger partial charge on any atom is 0.227 e. The van der Waals surface area contributed by atoms with Crippen molar-refractivity contribution in [1.29, 1.82) is 0 Å². The molecule has 0 atom stereocenters. The third-order valence-corrected chi connectivity index (χ3v) is 8.99. The Balaban J connectivity index is 1.18. The molecule has 0 saturated heterocycles. The van der Waals surface area contributed by atoms with E-state index < -0.39 is 0 Å². The standard InChI is InChI=1S/C40H27N3O2/c1-40(2)31-10-4-3-9-29(31)30-16-15-24(22-32(30)40)25-17-18-41-35(23-25)26-19-27(38-42-33-11-5-7-13-36(33)44-38)21-28(20-26)39-43-34-12-6-8-14-37(34)45-39/h3-23H,1-2H3. The van der Waals surface area contributed by atoms with Crippen LogP contribution in [0.3, 0.4) is 0 Å². The van der Waals surface area contributed by atoms with Crippen molar-refractivity contribution in [2.45, 2.75) is 19.3 Å². The third-order valence-electron chi connectivity index (χ3n) is 8.99. The Morgan fingerprint density at radius 3 is 1.76 bits per heavy atom. The van der Waals surface area contributed by atoms with E-state index in [1.807, 2.05) is 60.8 Å². The molecule has 3 heterocycles. The molecule has 0 bridgehead atoms. The van der Waals surface area contributed by atoms with Gasteiger partial charge < -0.3 is 8.83 Å². The molecule has 0 N–H and O–H groups in total. The number of hydrogen-bond donors (Lipinski definition) is 0. The molecule has 214 valence electrons. The maximum atomic E-state index is 6.19. The second kappa shape index (κ2) is 9.60. The molecule has 45 heavy (non-hydrogen) atoms. The van der Waals surface area contributed by atoms with Gasteiger partial charge >= 0.3 is 0 Å². The van der Waals surface area contributed by atoms with Gasteiger partial charge in [-0.15, -0.1) is 0 Å². The first-order valence-electron chi connectivity index (χ1n) is 15.1. The summed E-state index contributed by atoms with van der Waals surface area (Å²) in [6.07, 6.45) is 1.88. The van der Waals surface area contributed by atoms with Crippen LogP contribution in [-0.2, 0) is 5.41 Å². The number of benzene rings is 5. The molecule has 1 aliphatic carbocycles. The van der Waals surface area contributed by atoms with Crippen LogP contribution < -0.4 is 0 Å². The molecule has 3 aromatic heterocycles. The zero-order valence-electron chi connectivity index (χ0n) is 24.8. The van der Waals surface area contributed by atoms with Crippen LogP contribution in [-0.4, -0.2) is 15.0 Å². The van der Waals surface area contributed by atoms with E-state index in [1.165, 1.54) is 22.3 Å². The Kier molecular flexibility index (Phi) is 5.47. The van der Waals surface area contributed by atoms with E-state index in [2.05, 4.69) is 80.6 Å². The zero-order valence-corrected chi connectivity index (χ0v) is 24.8. The lowest BCUT2D eigenvalue weighted by Crippen LogP contribution is -2.14. The minimum absolute atomic E-state index is 0.0693. The molecule has 5 heteroatoms. The highest BCUT2D eigenvalue weighted by Gasteiger charge is 2.35. The van der Waals surface area contributed by atoms with E-state index in [0.29, 0.717) is 11.8 Å². The van der Waals surface area contributed by atoms with Gasteiger partial charge in [0.15, 0.2) is 11.2 Å². The van der Waals surface area contributed by atoms with E-state index >= 15 is 0 Å². The maximum absolute atomic E-state index is 6.19. The molecule has 5 nitrogen and oxygen atoms in total. The molecule has 0 saturated carbocycles. The summed E-state index contributed by atoms with van der Waals surface area (Å²) in [5, 5.41) is 0. The number of aromatic nitrogens is 3. The number of para-hydroxylation sites is 4. The van der Waals surface area contributed by atoms with Gasteiger partial charge in [-0.2, -0.15) is 0 Å².